The summed E-state index contributed by atoms with van der Waals surface area (Å²) in [6.07, 6.45) is 2.73. The van der Waals surface area contributed by atoms with E-state index in [0.717, 1.165) is 30.0 Å². The first-order chi connectivity index (χ1) is 12.5. The highest BCUT2D eigenvalue weighted by Gasteiger charge is 2.14. The van der Waals surface area contributed by atoms with Gasteiger partial charge in [-0.05, 0) is 57.1 Å². The van der Waals surface area contributed by atoms with E-state index >= 15 is 0 Å². The van der Waals surface area contributed by atoms with Gasteiger partial charge in [-0.1, -0.05) is 29.8 Å². The van der Waals surface area contributed by atoms with Crippen LogP contribution < -0.4 is 4.74 Å². The van der Waals surface area contributed by atoms with Gasteiger partial charge in [0.15, 0.2) is 0 Å². The predicted octanol–water partition coefficient (Wildman–Crippen LogP) is 4.72. The van der Waals surface area contributed by atoms with Crippen LogP contribution in [0.25, 0.3) is 11.5 Å². The van der Waals surface area contributed by atoms with Crippen LogP contribution in [0.4, 0.5) is 0 Å². The molecule has 4 nitrogen and oxygen atoms in total. The molecule has 0 N–H and O–H groups in total. The maximum Gasteiger partial charge on any atom is 0.226 e. The smallest absolute Gasteiger partial charge is 0.226 e. The molecule has 0 saturated heterocycles. The molecule has 0 aliphatic carbocycles. The van der Waals surface area contributed by atoms with E-state index in [1.165, 1.54) is 11.1 Å². The van der Waals surface area contributed by atoms with Crippen molar-refractivity contribution in [1.29, 1.82) is 0 Å². The minimum atomic E-state index is 0.392. The molecule has 1 unspecified atom stereocenters. The van der Waals surface area contributed by atoms with Crippen molar-refractivity contribution in [1.82, 2.24) is 9.88 Å². The quantitative estimate of drug-likeness (QED) is 0.618. The van der Waals surface area contributed by atoms with E-state index in [1.54, 1.807) is 13.4 Å². The molecule has 3 aromatic rings. The van der Waals surface area contributed by atoms with E-state index in [9.17, 15) is 0 Å². The van der Waals surface area contributed by atoms with E-state index in [2.05, 4.69) is 55.0 Å². The van der Waals surface area contributed by atoms with Crippen LogP contribution in [0, 0.1) is 6.92 Å². The molecule has 0 radical (unpaired) electrons. The number of hydrogen-bond donors (Lipinski definition) is 0. The standard InChI is InChI=1S/C22H26N2O2/c1-16-5-9-19(10-6-16)22-23-20(15-26-22)14-24(3)17(2)13-18-7-11-21(25-4)12-8-18/h5-12,15,17H,13-14H2,1-4H3. The Morgan fingerprint density at radius 3 is 2.42 bits per heavy atom. The molecule has 0 aliphatic heterocycles. The van der Waals surface area contributed by atoms with Gasteiger partial charge in [0.25, 0.3) is 0 Å². The van der Waals surface area contributed by atoms with Gasteiger partial charge in [0.1, 0.15) is 12.0 Å². The van der Waals surface area contributed by atoms with Gasteiger partial charge < -0.3 is 9.15 Å². The fourth-order valence-corrected chi connectivity index (χ4v) is 2.88. The number of likely N-dealkylation sites (N-methyl/N-ethyl adjacent to an activating group) is 1. The zero-order chi connectivity index (χ0) is 18.5. The van der Waals surface area contributed by atoms with Crippen molar-refractivity contribution in [3.8, 4) is 17.2 Å². The van der Waals surface area contributed by atoms with Crippen LogP contribution in [0.5, 0.6) is 5.75 Å². The largest absolute Gasteiger partial charge is 0.497 e. The number of ether oxygens (including phenoxy) is 1. The molecule has 0 fully saturated rings. The first-order valence-corrected chi connectivity index (χ1v) is 8.90. The van der Waals surface area contributed by atoms with Crippen LogP contribution in [0.2, 0.25) is 0 Å². The van der Waals surface area contributed by atoms with Crippen LogP contribution in [-0.2, 0) is 13.0 Å². The Balaban J connectivity index is 1.60. The first kappa shape index (κ1) is 18.2. The molecule has 136 valence electrons. The minimum absolute atomic E-state index is 0.392. The number of rotatable bonds is 7. The second-order valence-electron chi connectivity index (χ2n) is 6.83. The van der Waals surface area contributed by atoms with Crippen molar-refractivity contribution in [2.45, 2.75) is 32.9 Å². The molecule has 3 rings (SSSR count). The van der Waals surface area contributed by atoms with Gasteiger partial charge in [0, 0.05) is 18.2 Å². The average molecular weight is 350 g/mol. The van der Waals surface area contributed by atoms with E-state index in [0.29, 0.717) is 11.9 Å². The number of nitrogens with zero attached hydrogens (tertiary/aromatic N) is 2. The lowest BCUT2D eigenvalue weighted by molar-refractivity contribution is 0.245. The van der Waals surface area contributed by atoms with E-state index < -0.39 is 0 Å². The second kappa shape index (κ2) is 8.19. The van der Waals surface area contributed by atoms with Crippen molar-refractivity contribution in [2.75, 3.05) is 14.2 Å². The molecule has 26 heavy (non-hydrogen) atoms. The summed E-state index contributed by atoms with van der Waals surface area (Å²) < 4.78 is 10.9. The van der Waals surface area contributed by atoms with Gasteiger partial charge in [-0.3, -0.25) is 4.90 Å². The van der Waals surface area contributed by atoms with Crippen molar-refractivity contribution >= 4 is 0 Å². The maximum absolute atomic E-state index is 5.66. The molecule has 1 heterocycles. The molecule has 0 amide bonds. The predicted molar refractivity (Wildman–Crippen MR) is 104 cm³/mol. The van der Waals surface area contributed by atoms with Crippen LogP contribution in [0.3, 0.4) is 0 Å². The van der Waals surface area contributed by atoms with E-state index in [4.69, 9.17) is 9.15 Å². The Labute approximate surface area is 155 Å². The molecule has 0 bridgehead atoms. The highest BCUT2D eigenvalue weighted by molar-refractivity contribution is 5.53. The summed E-state index contributed by atoms with van der Waals surface area (Å²) in [4.78, 5) is 6.93. The van der Waals surface area contributed by atoms with Gasteiger partial charge in [0.2, 0.25) is 5.89 Å². The second-order valence-corrected chi connectivity index (χ2v) is 6.83. The summed E-state index contributed by atoms with van der Waals surface area (Å²) in [5, 5.41) is 0. The molecular weight excluding hydrogens is 324 g/mol. The van der Waals surface area contributed by atoms with Gasteiger partial charge in [-0.15, -0.1) is 0 Å². The number of methoxy groups -OCH3 is 1. The lowest BCUT2D eigenvalue weighted by atomic mass is 10.1. The van der Waals surface area contributed by atoms with E-state index in [1.807, 2.05) is 24.3 Å². The molecule has 1 atom stereocenters. The Bertz CT molecular complexity index is 822. The molecule has 2 aromatic carbocycles. The fourth-order valence-electron chi connectivity index (χ4n) is 2.88. The SMILES string of the molecule is COc1ccc(CC(C)N(C)Cc2coc(-c3ccc(C)cc3)n2)cc1. The van der Waals surface area contributed by atoms with Crippen molar-refractivity contribution in [2.24, 2.45) is 0 Å². The zero-order valence-electron chi connectivity index (χ0n) is 15.9. The highest BCUT2D eigenvalue weighted by atomic mass is 16.5. The summed E-state index contributed by atoms with van der Waals surface area (Å²) >= 11 is 0. The number of benzene rings is 2. The summed E-state index contributed by atoms with van der Waals surface area (Å²) in [6, 6.07) is 16.9. The van der Waals surface area contributed by atoms with Crippen molar-refractivity contribution < 1.29 is 9.15 Å². The molecule has 0 aliphatic rings. The summed E-state index contributed by atoms with van der Waals surface area (Å²) in [5.74, 6) is 1.57. The van der Waals surface area contributed by atoms with Gasteiger partial charge >= 0.3 is 0 Å². The highest BCUT2D eigenvalue weighted by Crippen LogP contribution is 2.20. The van der Waals surface area contributed by atoms with Gasteiger partial charge in [0.05, 0.1) is 12.8 Å². The monoisotopic (exact) mass is 350 g/mol. The Hall–Kier alpha value is -2.59. The van der Waals surface area contributed by atoms with Crippen LogP contribution in [0.15, 0.2) is 59.2 Å². The third kappa shape index (κ3) is 4.52. The number of aromatic nitrogens is 1. The third-order valence-electron chi connectivity index (χ3n) is 4.70. The molecule has 4 heteroatoms. The first-order valence-electron chi connectivity index (χ1n) is 8.90. The normalized spacial score (nSPS) is 12.3. The molecule has 0 saturated carbocycles. The lowest BCUT2D eigenvalue weighted by Gasteiger charge is -2.23. The molecule has 1 aromatic heterocycles. The molecule has 0 spiro atoms. The summed E-state index contributed by atoms with van der Waals surface area (Å²) in [7, 11) is 3.81. The van der Waals surface area contributed by atoms with Crippen LogP contribution in [0.1, 0.15) is 23.7 Å². The minimum Gasteiger partial charge on any atom is -0.497 e. The van der Waals surface area contributed by atoms with Crippen LogP contribution in [-0.4, -0.2) is 30.1 Å². The Morgan fingerprint density at radius 1 is 1.08 bits per heavy atom. The number of hydrogen-bond acceptors (Lipinski definition) is 4. The van der Waals surface area contributed by atoms with Gasteiger partial charge in [-0.2, -0.15) is 0 Å². The zero-order valence-corrected chi connectivity index (χ0v) is 15.9. The average Bonchev–Trinajstić information content (AvgIpc) is 3.11. The summed E-state index contributed by atoms with van der Waals surface area (Å²) in [6.45, 7) is 5.06. The number of aryl methyl sites for hydroxylation is 1. The summed E-state index contributed by atoms with van der Waals surface area (Å²) in [5.41, 5.74) is 4.48. The Kier molecular flexibility index (Phi) is 5.74. The van der Waals surface area contributed by atoms with Crippen molar-refractivity contribution in [3.05, 3.63) is 71.6 Å². The maximum atomic E-state index is 5.66. The van der Waals surface area contributed by atoms with Crippen molar-refractivity contribution in [3.63, 3.8) is 0 Å². The third-order valence-corrected chi connectivity index (χ3v) is 4.70. The lowest BCUT2D eigenvalue weighted by Crippen LogP contribution is -2.30. The topological polar surface area (TPSA) is 38.5 Å². The molecular formula is C22H26N2O2. The van der Waals surface area contributed by atoms with E-state index in [-0.39, 0.29) is 0 Å². The number of oxazole rings is 1. The fraction of sp³-hybridized carbons (Fsp3) is 0.318. The van der Waals surface area contributed by atoms with Gasteiger partial charge in [-0.25, -0.2) is 4.98 Å². The Morgan fingerprint density at radius 2 is 1.77 bits per heavy atom. The van der Waals surface area contributed by atoms with Crippen LogP contribution >= 0.6 is 0 Å².